The number of thiazole rings is 1. The van der Waals surface area contributed by atoms with Crippen molar-refractivity contribution >= 4 is 22.4 Å². The van der Waals surface area contributed by atoms with E-state index in [4.69, 9.17) is 0 Å². The Kier molecular flexibility index (Phi) is 2.90. The lowest BCUT2D eigenvalue weighted by molar-refractivity contribution is 0.0606. The van der Waals surface area contributed by atoms with Crippen LogP contribution in [0.5, 0.6) is 0 Å². The lowest BCUT2D eigenvalue weighted by Crippen LogP contribution is -2.25. The summed E-state index contributed by atoms with van der Waals surface area (Å²) in [6.07, 6.45) is 4.00. The molecule has 1 aromatic rings. The Bertz CT molecular complexity index is 364. The highest BCUT2D eigenvalue weighted by Crippen LogP contribution is 2.29. The van der Waals surface area contributed by atoms with E-state index in [1.54, 1.807) is 6.20 Å². The standard InChI is InChI=1S/C10H14N2O2S/c1-7-4-3-5-12(7)10-11-6-8(15-10)9(13)14-2/h6-7H,3-5H2,1-2H3. The first-order valence-corrected chi connectivity index (χ1v) is 5.85. The van der Waals surface area contributed by atoms with Gasteiger partial charge >= 0.3 is 5.97 Å². The molecule has 4 nitrogen and oxygen atoms in total. The highest BCUT2D eigenvalue weighted by Gasteiger charge is 2.23. The van der Waals surface area contributed by atoms with Crippen LogP contribution in [-0.2, 0) is 4.74 Å². The van der Waals surface area contributed by atoms with Crippen molar-refractivity contribution in [2.45, 2.75) is 25.8 Å². The fourth-order valence-corrected chi connectivity index (χ4v) is 2.77. The first kappa shape index (κ1) is 10.4. The molecule has 0 N–H and O–H groups in total. The molecule has 0 spiro atoms. The number of nitrogens with zero attached hydrogens (tertiary/aromatic N) is 2. The summed E-state index contributed by atoms with van der Waals surface area (Å²) in [7, 11) is 1.39. The summed E-state index contributed by atoms with van der Waals surface area (Å²) in [6.45, 7) is 3.22. The van der Waals surface area contributed by atoms with Gasteiger partial charge in [0.2, 0.25) is 0 Å². The normalized spacial score (nSPS) is 20.7. The number of hydrogen-bond acceptors (Lipinski definition) is 5. The Morgan fingerprint density at radius 2 is 2.53 bits per heavy atom. The third kappa shape index (κ3) is 1.97. The van der Waals surface area contributed by atoms with E-state index in [1.165, 1.54) is 31.3 Å². The smallest absolute Gasteiger partial charge is 0.349 e. The van der Waals surface area contributed by atoms with Crippen LogP contribution in [0.1, 0.15) is 29.4 Å². The number of carbonyl (C=O) groups excluding carboxylic acids is 1. The van der Waals surface area contributed by atoms with Gasteiger partial charge in [-0.1, -0.05) is 11.3 Å². The van der Waals surface area contributed by atoms with Gasteiger partial charge in [-0.25, -0.2) is 9.78 Å². The lowest BCUT2D eigenvalue weighted by atomic mass is 10.2. The number of rotatable bonds is 2. The maximum atomic E-state index is 11.3. The molecule has 0 aliphatic carbocycles. The molecular formula is C10H14N2O2S. The number of anilines is 1. The fraction of sp³-hybridized carbons (Fsp3) is 0.600. The second-order valence-corrected chi connectivity index (χ2v) is 4.69. The van der Waals surface area contributed by atoms with Gasteiger partial charge in [0.1, 0.15) is 4.88 Å². The van der Waals surface area contributed by atoms with Crippen LogP contribution in [-0.4, -0.2) is 30.6 Å². The molecule has 0 bridgehead atoms. The molecule has 0 amide bonds. The first-order chi connectivity index (χ1) is 7.22. The van der Waals surface area contributed by atoms with Crippen molar-refractivity contribution in [3.05, 3.63) is 11.1 Å². The van der Waals surface area contributed by atoms with E-state index in [-0.39, 0.29) is 5.97 Å². The van der Waals surface area contributed by atoms with Gasteiger partial charge in [-0.15, -0.1) is 0 Å². The summed E-state index contributed by atoms with van der Waals surface area (Å²) < 4.78 is 4.65. The Hall–Kier alpha value is -1.10. The third-order valence-corrected chi connectivity index (χ3v) is 3.69. The number of esters is 1. The number of carbonyl (C=O) groups is 1. The van der Waals surface area contributed by atoms with Gasteiger partial charge in [-0.05, 0) is 19.8 Å². The van der Waals surface area contributed by atoms with E-state index in [2.05, 4.69) is 21.5 Å². The van der Waals surface area contributed by atoms with Crippen molar-refractivity contribution in [2.75, 3.05) is 18.6 Å². The second kappa shape index (κ2) is 4.18. The molecule has 0 radical (unpaired) electrons. The number of aromatic nitrogens is 1. The summed E-state index contributed by atoms with van der Waals surface area (Å²) in [5.41, 5.74) is 0. The Morgan fingerprint density at radius 3 is 3.13 bits per heavy atom. The molecular weight excluding hydrogens is 212 g/mol. The van der Waals surface area contributed by atoms with Crippen LogP contribution >= 0.6 is 11.3 Å². The van der Waals surface area contributed by atoms with E-state index in [1.807, 2.05) is 0 Å². The molecule has 15 heavy (non-hydrogen) atoms. The van der Waals surface area contributed by atoms with Crippen LogP contribution in [0.2, 0.25) is 0 Å². The quantitative estimate of drug-likeness (QED) is 0.722. The summed E-state index contributed by atoms with van der Waals surface area (Å²) in [5.74, 6) is -0.300. The predicted molar refractivity (Wildman–Crippen MR) is 59.5 cm³/mol. The summed E-state index contributed by atoms with van der Waals surface area (Å²) >= 11 is 1.41. The molecule has 0 aromatic carbocycles. The Labute approximate surface area is 92.9 Å². The minimum absolute atomic E-state index is 0.300. The van der Waals surface area contributed by atoms with Crippen molar-refractivity contribution in [3.8, 4) is 0 Å². The molecule has 82 valence electrons. The number of methoxy groups -OCH3 is 1. The molecule has 1 fully saturated rings. The average Bonchev–Trinajstić information content (AvgIpc) is 2.84. The number of ether oxygens (including phenoxy) is 1. The molecule has 2 heterocycles. The Morgan fingerprint density at radius 1 is 1.73 bits per heavy atom. The average molecular weight is 226 g/mol. The van der Waals surface area contributed by atoms with Gasteiger partial charge in [-0.2, -0.15) is 0 Å². The minimum atomic E-state index is -0.300. The van der Waals surface area contributed by atoms with Crippen molar-refractivity contribution in [3.63, 3.8) is 0 Å². The van der Waals surface area contributed by atoms with E-state index in [0.29, 0.717) is 10.9 Å². The minimum Gasteiger partial charge on any atom is -0.465 e. The van der Waals surface area contributed by atoms with Gasteiger partial charge in [0.15, 0.2) is 5.13 Å². The van der Waals surface area contributed by atoms with Crippen LogP contribution in [0, 0.1) is 0 Å². The van der Waals surface area contributed by atoms with Gasteiger partial charge in [0, 0.05) is 12.6 Å². The van der Waals surface area contributed by atoms with Crippen LogP contribution in [0.4, 0.5) is 5.13 Å². The summed E-state index contributed by atoms with van der Waals surface area (Å²) in [4.78, 5) is 18.3. The first-order valence-electron chi connectivity index (χ1n) is 5.03. The zero-order valence-electron chi connectivity index (χ0n) is 8.90. The van der Waals surface area contributed by atoms with E-state index in [0.717, 1.165) is 11.7 Å². The van der Waals surface area contributed by atoms with Crippen LogP contribution in [0.25, 0.3) is 0 Å². The lowest BCUT2D eigenvalue weighted by Gasteiger charge is -2.19. The van der Waals surface area contributed by atoms with Gasteiger partial charge in [0.25, 0.3) is 0 Å². The topological polar surface area (TPSA) is 42.4 Å². The monoisotopic (exact) mass is 226 g/mol. The summed E-state index contributed by atoms with van der Waals surface area (Å²) in [5, 5.41) is 0.931. The van der Waals surface area contributed by atoms with Gasteiger partial charge in [0.05, 0.1) is 13.3 Å². The van der Waals surface area contributed by atoms with Crippen molar-refractivity contribution in [1.29, 1.82) is 0 Å². The molecule has 0 saturated carbocycles. The van der Waals surface area contributed by atoms with E-state index in [9.17, 15) is 4.79 Å². The number of hydrogen-bond donors (Lipinski definition) is 0. The molecule has 1 aliphatic heterocycles. The zero-order chi connectivity index (χ0) is 10.8. The van der Waals surface area contributed by atoms with Crippen molar-refractivity contribution < 1.29 is 9.53 Å². The molecule has 1 aliphatic rings. The van der Waals surface area contributed by atoms with E-state index >= 15 is 0 Å². The molecule has 1 aromatic heterocycles. The highest BCUT2D eigenvalue weighted by atomic mass is 32.1. The van der Waals surface area contributed by atoms with Crippen molar-refractivity contribution in [1.82, 2.24) is 4.98 Å². The predicted octanol–water partition coefficient (Wildman–Crippen LogP) is 1.92. The molecule has 5 heteroatoms. The largest absolute Gasteiger partial charge is 0.465 e. The zero-order valence-corrected chi connectivity index (χ0v) is 9.71. The van der Waals surface area contributed by atoms with Crippen LogP contribution in [0.15, 0.2) is 6.20 Å². The SMILES string of the molecule is COC(=O)c1cnc(N2CCCC2C)s1. The molecule has 1 unspecified atom stereocenters. The van der Waals surface area contributed by atoms with Crippen LogP contribution < -0.4 is 4.90 Å². The molecule has 1 atom stereocenters. The maximum Gasteiger partial charge on any atom is 0.349 e. The molecule has 1 saturated heterocycles. The molecule has 2 rings (SSSR count). The van der Waals surface area contributed by atoms with E-state index < -0.39 is 0 Å². The maximum absolute atomic E-state index is 11.3. The highest BCUT2D eigenvalue weighted by molar-refractivity contribution is 7.17. The van der Waals surface area contributed by atoms with Gasteiger partial charge in [-0.3, -0.25) is 0 Å². The summed E-state index contributed by atoms with van der Waals surface area (Å²) in [6, 6.07) is 0.529. The van der Waals surface area contributed by atoms with Gasteiger partial charge < -0.3 is 9.64 Å². The third-order valence-electron chi connectivity index (χ3n) is 2.68. The second-order valence-electron chi connectivity index (χ2n) is 3.68. The van der Waals surface area contributed by atoms with Crippen molar-refractivity contribution in [2.24, 2.45) is 0 Å². The fourth-order valence-electron chi connectivity index (χ4n) is 1.81. The van der Waals surface area contributed by atoms with Crippen LogP contribution in [0.3, 0.4) is 0 Å². The Balaban J connectivity index is 2.16.